The molecule has 0 aromatic heterocycles. The zero-order valence-electron chi connectivity index (χ0n) is 12.5. The van der Waals surface area contributed by atoms with Crippen molar-refractivity contribution in [3.63, 3.8) is 0 Å². The van der Waals surface area contributed by atoms with Gasteiger partial charge in [-0.2, -0.15) is 0 Å². The van der Waals surface area contributed by atoms with Gasteiger partial charge in [0, 0.05) is 0 Å². The van der Waals surface area contributed by atoms with Gasteiger partial charge in [-0.05, 0) is 0 Å². The van der Waals surface area contributed by atoms with Crippen LogP contribution in [0.5, 0.6) is 0 Å². The van der Waals surface area contributed by atoms with Crippen molar-refractivity contribution in [3.8, 4) is 0 Å². The Morgan fingerprint density at radius 3 is 1.09 bits per heavy atom. The molecule has 3 heteroatoms. The second-order valence-electron chi connectivity index (χ2n) is 5.66. The molecular weight excluding hydrogens is 416 g/mol. The molecule has 0 saturated carbocycles. The van der Waals surface area contributed by atoms with Gasteiger partial charge < -0.3 is 0 Å². The number of rotatable bonds is 4. The summed E-state index contributed by atoms with van der Waals surface area (Å²) in [5, 5.41) is 4.23. The van der Waals surface area contributed by atoms with Crippen LogP contribution in [0.3, 0.4) is 0 Å². The van der Waals surface area contributed by atoms with Crippen LogP contribution >= 0.6 is 13.0 Å². The Bertz CT molecular complexity index is 645. The van der Waals surface area contributed by atoms with E-state index < -0.39 is 24.1 Å². The molecule has 0 spiro atoms. The molecule has 0 fully saturated rings. The quantitative estimate of drug-likeness (QED) is 0.434. The van der Waals surface area contributed by atoms with E-state index in [9.17, 15) is 0 Å². The minimum absolute atomic E-state index is 1.20. The van der Waals surface area contributed by atoms with Gasteiger partial charge in [-0.25, -0.2) is 0 Å². The summed E-state index contributed by atoms with van der Waals surface area (Å²) >= 11 is -1.20. The average molecular weight is 436 g/mol. The molecule has 0 aliphatic rings. The monoisotopic (exact) mass is 434 g/mol. The molecule has 0 nitrogen and oxygen atoms in total. The molecule has 3 aromatic rings. The Morgan fingerprint density at radius 2 is 0.864 bits per heavy atom. The van der Waals surface area contributed by atoms with Crippen LogP contribution in [0.25, 0.3) is 0 Å². The molecule has 0 aliphatic carbocycles. The Morgan fingerprint density at radius 1 is 0.591 bits per heavy atom. The Balaban J connectivity index is 2.41. The summed E-state index contributed by atoms with van der Waals surface area (Å²) in [7, 11) is 6.90. The fourth-order valence-electron chi connectivity index (χ4n) is 3.00. The molecule has 3 aromatic carbocycles. The molecule has 0 radical (unpaired) electrons. The molecule has 0 heterocycles. The van der Waals surface area contributed by atoms with E-state index in [0.717, 1.165) is 0 Å². The van der Waals surface area contributed by atoms with E-state index in [4.69, 9.17) is 8.83 Å². The Labute approximate surface area is 146 Å². The fraction of sp³-hybridized carbons (Fsp3) is 0.0526. The molecule has 0 unspecified atom stereocenters. The Kier molecular flexibility index (Phi) is 4.65. The standard InChI is InChI=1S/C19H18P.ClH.Sb.H/c1-20(17-11-5-2-6-12-17,18-13-7-3-8-14-18)19-15-9-4-10-16-19;;;/h2-16H,1H3;1H;;/q+1;;;/p-1. The van der Waals surface area contributed by atoms with Crippen molar-refractivity contribution in [3.05, 3.63) is 91.0 Å². The second kappa shape index (κ2) is 6.37. The van der Waals surface area contributed by atoms with Crippen molar-refractivity contribution in [2.45, 2.75) is 0 Å². The summed E-state index contributed by atoms with van der Waals surface area (Å²) in [6.07, 6.45) is 0. The average Bonchev–Trinajstić information content (AvgIpc) is 2.63. The predicted octanol–water partition coefficient (Wildman–Crippen LogP) is 3.65. The van der Waals surface area contributed by atoms with Crippen LogP contribution in [0.15, 0.2) is 91.0 Å². The van der Waals surface area contributed by atoms with Crippen LogP contribution in [0.2, 0.25) is 0 Å². The van der Waals surface area contributed by atoms with Crippen molar-refractivity contribution in [2.24, 2.45) is 0 Å². The number of hydrogen-bond acceptors (Lipinski definition) is 0. The first-order valence-corrected chi connectivity index (χ1v) is 17.4. The Hall–Kier alpha value is -0.802. The summed E-state index contributed by atoms with van der Waals surface area (Å²) in [6, 6.07) is 32.7. The molecule has 112 valence electrons. The van der Waals surface area contributed by atoms with Crippen LogP contribution in [-0.4, -0.2) is 26.6 Å². The molecule has 0 bridgehead atoms. The summed E-state index contributed by atoms with van der Waals surface area (Å²) in [5.74, 6) is 0. The fourth-order valence-corrected chi connectivity index (χ4v) is 19.2. The van der Waals surface area contributed by atoms with Gasteiger partial charge >= 0.3 is 146 Å². The van der Waals surface area contributed by atoms with E-state index in [1.165, 1.54) is 15.9 Å². The molecule has 0 aliphatic heterocycles. The number of benzene rings is 3. The molecule has 22 heavy (non-hydrogen) atoms. The first kappa shape index (κ1) is 16.1. The van der Waals surface area contributed by atoms with E-state index in [1.54, 1.807) is 0 Å². The van der Waals surface area contributed by atoms with Crippen LogP contribution in [0.1, 0.15) is 0 Å². The van der Waals surface area contributed by atoms with Gasteiger partial charge in [-0.15, -0.1) is 0 Å². The molecule has 0 N–H and O–H groups in total. The van der Waals surface area contributed by atoms with Crippen molar-refractivity contribution in [1.29, 1.82) is 0 Å². The third-order valence-corrected chi connectivity index (χ3v) is 28.4. The van der Waals surface area contributed by atoms with Gasteiger partial charge in [0.1, 0.15) is 0 Å². The second-order valence-corrected chi connectivity index (χ2v) is 24.9. The molecule has 0 atom stereocenters. The van der Waals surface area contributed by atoms with Crippen molar-refractivity contribution >= 4 is 48.8 Å². The molecule has 0 amide bonds. The molecular formula is C19H19ClPSb. The van der Waals surface area contributed by atoms with Gasteiger partial charge in [0.2, 0.25) is 0 Å². The zero-order chi connectivity index (χ0) is 15.5. The first-order valence-electron chi connectivity index (χ1n) is 7.26. The van der Waals surface area contributed by atoms with Crippen LogP contribution in [-0.2, 0) is 0 Å². The zero-order valence-corrected chi connectivity index (χ0v) is 17.0. The van der Waals surface area contributed by atoms with Crippen molar-refractivity contribution in [2.75, 3.05) is 6.66 Å². The van der Waals surface area contributed by atoms with E-state index in [2.05, 4.69) is 97.7 Å². The topological polar surface area (TPSA) is 0 Å². The normalized spacial score (nSPS) is 13.3. The van der Waals surface area contributed by atoms with Crippen LogP contribution in [0.4, 0.5) is 0 Å². The van der Waals surface area contributed by atoms with Gasteiger partial charge in [-0.1, -0.05) is 0 Å². The third kappa shape index (κ3) is 2.43. The summed E-state index contributed by atoms with van der Waals surface area (Å²) in [5.41, 5.74) is 0. The minimum atomic E-state index is -2.46. The van der Waals surface area contributed by atoms with Crippen molar-refractivity contribution in [1.82, 2.24) is 0 Å². The van der Waals surface area contributed by atoms with E-state index in [0.29, 0.717) is 0 Å². The van der Waals surface area contributed by atoms with Crippen LogP contribution in [0, 0.1) is 0 Å². The van der Waals surface area contributed by atoms with Gasteiger partial charge in [0.05, 0.1) is 0 Å². The van der Waals surface area contributed by atoms with Crippen LogP contribution < -0.4 is 15.9 Å². The molecule has 0 saturated heterocycles. The van der Waals surface area contributed by atoms with E-state index >= 15 is 0 Å². The maximum atomic E-state index is 6.90. The third-order valence-electron chi connectivity index (χ3n) is 4.42. The SMILES string of the molecule is C[P]([SbH][Cl])(c1ccccc1)(c1ccccc1)c1ccccc1. The number of hydrogen-bond donors (Lipinski definition) is 0. The summed E-state index contributed by atoms with van der Waals surface area (Å²) in [4.78, 5) is 0. The van der Waals surface area contributed by atoms with Gasteiger partial charge in [0.25, 0.3) is 0 Å². The van der Waals surface area contributed by atoms with Gasteiger partial charge in [0.15, 0.2) is 0 Å². The molecule has 3 rings (SSSR count). The van der Waals surface area contributed by atoms with E-state index in [1.807, 2.05) is 0 Å². The summed E-state index contributed by atoms with van der Waals surface area (Å²) in [6.45, 7) is 2.45. The van der Waals surface area contributed by atoms with Crippen molar-refractivity contribution < 1.29 is 0 Å². The first-order chi connectivity index (χ1) is 10.7. The summed E-state index contributed by atoms with van der Waals surface area (Å²) < 4.78 is -2.46. The van der Waals surface area contributed by atoms with E-state index in [-0.39, 0.29) is 0 Å². The van der Waals surface area contributed by atoms with Gasteiger partial charge in [-0.3, -0.25) is 0 Å². The number of halogens is 1. The predicted molar refractivity (Wildman–Crippen MR) is 104 cm³/mol. The maximum absolute atomic E-state index is 6.90.